The fourth-order valence-corrected chi connectivity index (χ4v) is 1.52. The summed E-state index contributed by atoms with van der Waals surface area (Å²) < 4.78 is 5.19. The first kappa shape index (κ1) is 10.3. The van der Waals surface area contributed by atoms with Crippen LogP contribution >= 0.6 is 0 Å². The second-order valence-electron chi connectivity index (χ2n) is 3.32. The molecule has 2 amide bonds. The summed E-state index contributed by atoms with van der Waals surface area (Å²) in [6, 6.07) is -0.123. The van der Waals surface area contributed by atoms with Crippen molar-refractivity contribution in [3.8, 4) is 0 Å². The van der Waals surface area contributed by atoms with E-state index < -0.39 is 5.72 Å². The average molecular weight is 188 g/mol. The number of likely N-dealkylation sites (N-methyl/N-ethyl adjacent to an activating group) is 1. The molecule has 1 aliphatic heterocycles. The Hall–Kier alpha value is -0.810. The van der Waals surface area contributed by atoms with Crippen molar-refractivity contribution in [3.05, 3.63) is 0 Å². The smallest absolute Gasteiger partial charge is 0.321 e. The van der Waals surface area contributed by atoms with Crippen molar-refractivity contribution < 1.29 is 14.6 Å². The van der Waals surface area contributed by atoms with Gasteiger partial charge in [-0.05, 0) is 0 Å². The van der Waals surface area contributed by atoms with Gasteiger partial charge in [-0.25, -0.2) is 4.79 Å². The number of rotatable bonds is 2. The number of ether oxygens (including phenoxy) is 1. The predicted molar refractivity (Wildman–Crippen MR) is 47.2 cm³/mol. The zero-order valence-electron chi connectivity index (χ0n) is 8.28. The van der Waals surface area contributed by atoms with Crippen LogP contribution in [0, 0.1) is 0 Å². The number of aliphatic hydroxyl groups is 1. The number of nitrogens with zero attached hydrogens (tertiary/aromatic N) is 2. The second-order valence-corrected chi connectivity index (χ2v) is 3.32. The summed E-state index contributed by atoms with van der Waals surface area (Å²) in [7, 11) is 4.87. The van der Waals surface area contributed by atoms with Crippen LogP contribution in [0.25, 0.3) is 0 Å². The van der Waals surface area contributed by atoms with E-state index in [0.717, 1.165) is 0 Å². The van der Waals surface area contributed by atoms with Gasteiger partial charge in [0.05, 0.1) is 6.61 Å². The predicted octanol–water partition coefficient (Wildman–Crippen LogP) is -0.291. The Morgan fingerprint density at radius 1 is 1.62 bits per heavy atom. The van der Waals surface area contributed by atoms with E-state index in [1.165, 1.54) is 12.0 Å². The maximum atomic E-state index is 11.5. The Morgan fingerprint density at radius 3 is 2.69 bits per heavy atom. The van der Waals surface area contributed by atoms with Gasteiger partial charge >= 0.3 is 6.03 Å². The van der Waals surface area contributed by atoms with Crippen LogP contribution in [-0.4, -0.2) is 61.0 Å². The standard InChI is InChI=1S/C8H16N2O3/c1-9-5-4-8(6-11,13-3)10(2)7(9)12/h11H,4-6H2,1-3H3. The maximum absolute atomic E-state index is 11.5. The third kappa shape index (κ3) is 1.49. The van der Waals surface area contributed by atoms with E-state index in [0.29, 0.717) is 13.0 Å². The zero-order chi connectivity index (χ0) is 10.1. The number of urea groups is 1. The summed E-state index contributed by atoms with van der Waals surface area (Å²) in [6.45, 7) is 0.442. The van der Waals surface area contributed by atoms with E-state index in [1.807, 2.05) is 0 Å². The molecule has 1 fully saturated rings. The molecule has 76 valence electrons. The molecule has 1 N–H and O–H groups in total. The Bertz CT molecular complexity index is 204. The van der Waals surface area contributed by atoms with Crippen molar-refractivity contribution in [2.45, 2.75) is 12.1 Å². The van der Waals surface area contributed by atoms with Gasteiger partial charge < -0.3 is 14.7 Å². The van der Waals surface area contributed by atoms with Crippen LogP contribution in [0.3, 0.4) is 0 Å². The fourth-order valence-electron chi connectivity index (χ4n) is 1.52. The minimum absolute atomic E-state index is 0.123. The Balaban J connectivity index is 2.84. The third-order valence-electron chi connectivity index (χ3n) is 2.69. The van der Waals surface area contributed by atoms with Crippen LogP contribution in [0.5, 0.6) is 0 Å². The number of carbonyl (C=O) groups is 1. The van der Waals surface area contributed by atoms with Crippen molar-refractivity contribution in [1.82, 2.24) is 9.80 Å². The SMILES string of the molecule is COC1(CO)CCN(C)C(=O)N1C. The highest BCUT2D eigenvalue weighted by atomic mass is 16.5. The van der Waals surface area contributed by atoms with Gasteiger partial charge in [0, 0.05) is 34.2 Å². The van der Waals surface area contributed by atoms with E-state index in [2.05, 4.69) is 0 Å². The van der Waals surface area contributed by atoms with E-state index in [9.17, 15) is 9.90 Å². The van der Waals surface area contributed by atoms with Gasteiger partial charge in [0.15, 0.2) is 5.72 Å². The fraction of sp³-hybridized carbons (Fsp3) is 0.875. The highest BCUT2D eigenvalue weighted by Gasteiger charge is 2.42. The molecule has 1 heterocycles. The number of amides is 2. The molecule has 0 aromatic rings. The molecule has 0 aromatic carbocycles. The maximum Gasteiger partial charge on any atom is 0.321 e. The van der Waals surface area contributed by atoms with E-state index in [-0.39, 0.29) is 12.6 Å². The zero-order valence-corrected chi connectivity index (χ0v) is 8.28. The summed E-state index contributed by atoms with van der Waals surface area (Å²) >= 11 is 0. The molecule has 1 atom stereocenters. The van der Waals surface area contributed by atoms with Gasteiger partial charge in [-0.1, -0.05) is 0 Å². The van der Waals surface area contributed by atoms with Gasteiger partial charge in [0.2, 0.25) is 0 Å². The molecule has 0 radical (unpaired) electrons. The monoisotopic (exact) mass is 188 g/mol. The molecule has 0 aliphatic carbocycles. The van der Waals surface area contributed by atoms with Crippen molar-refractivity contribution in [2.24, 2.45) is 0 Å². The third-order valence-corrected chi connectivity index (χ3v) is 2.69. The second kappa shape index (κ2) is 3.51. The molecular formula is C8H16N2O3. The van der Waals surface area contributed by atoms with Crippen molar-refractivity contribution >= 4 is 6.03 Å². The molecule has 1 rings (SSSR count). The number of methoxy groups -OCH3 is 1. The van der Waals surface area contributed by atoms with Gasteiger partial charge in [-0.2, -0.15) is 0 Å². The first-order chi connectivity index (χ1) is 6.07. The summed E-state index contributed by atoms with van der Waals surface area (Å²) in [5.74, 6) is 0. The Kier molecular flexibility index (Phi) is 2.77. The highest BCUT2D eigenvalue weighted by molar-refractivity contribution is 5.75. The number of aliphatic hydroxyl groups excluding tert-OH is 1. The topological polar surface area (TPSA) is 53.0 Å². The van der Waals surface area contributed by atoms with Crippen LogP contribution in [0.15, 0.2) is 0 Å². The molecule has 0 spiro atoms. The van der Waals surface area contributed by atoms with E-state index in [1.54, 1.807) is 19.0 Å². The van der Waals surface area contributed by atoms with E-state index >= 15 is 0 Å². The van der Waals surface area contributed by atoms with Crippen molar-refractivity contribution in [1.29, 1.82) is 0 Å². The van der Waals surface area contributed by atoms with Gasteiger partial charge in [-0.15, -0.1) is 0 Å². The van der Waals surface area contributed by atoms with E-state index in [4.69, 9.17) is 4.74 Å². The Labute approximate surface area is 77.9 Å². The number of carbonyl (C=O) groups excluding carboxylic acids is 1. The van der Waals surface area contributed by atoms with Gasteiger partial charge in [0.25, 0.3) is 0 Å². The van der Waals surface area contributed by atoms with Crippen LogP contribution in [0.2, 0.25) is 0 Å². The molecule has 5 heteroatoms. The summed E-state index contributed by atoms with van der Waals surface area (Å²) in [5.41, 5.74) is -0.830. The van der Waals surface area contributed by atoms with Gasteiger partial charge in [-0.3, -0.25) is 4.90 Å². The van der Waals surface area contributed by atoms with Crippen LogP contribution < -0.4 is 0 Å². The molecule has 1 saturated heterocycles. The minimum Gasteiger partial charge on any atom is -0.391 e. The lowest BCUT2D eigenvalue weighted by molar-refractivity contribution is -0.154. The summed E-state index contributed by atoms with van der Waals surface area (Å²) in [5, 5.41) is 9.18. The lowest BCUT2D eigenvalue weighted by Crippen LogP contribution is -2.62. The van der Waals surface area contributed by atoms with Crippen LogP contribution in [0.4, 0.5) is 4.79 Å². The van der Waals surface area contributed by atoms with Gasteiger partial charge in [0.1, 0.15) is 0 Å². The average Bonchev–Trinajstić information content (AvgIpc) is 2.16. The highest BCUT2D eigenvalue weighted by Crippen LogP contribution is 2.24. The number of hydrogen-bond donors (Lipinski definition) is 1. The van der Waals surface area contributed by atoms with Crippen molar-refractivity contribution in [3.63, 3.8) is 0 Å². The molecular weight excluding hydrogens is 172 g/mol. The van der Waals surface area contributed by atoms with Crippen molar-refractivity contribution in [2.75, 3.05) is 34.4 Å². The largest absolute Gasteiger partial charge is 0.391 e. The molecule has 0 saturated carbocycles. The number of hydrogen-bond acceptors (Lipinski definition) is 3. The molecule has 0 bridgehead atoms. The molecule has 1 unspecified atom stereocenters. The normalized spacial score (nSPS) is 29.7. The lowest BCUT2D eigenvalue weighted by atomic mass is 10.1. The molecule has 13 heavy (non-hydrogen) atoms. The molecule has 5 nitrogen and oxygen atoms in total. The Morgan fingerprint density at radius 2 is 2.23 bits per heavy atom. The first-order valence-electron chi connectivity index (χ1n) is 4.22. The quantitative estimate of drug-likeness (QED) is 0.647. The first-order valence-corrected chi connectivity index (χ1v) is 4.22. The summed E-state index contributed by atoms with van der Waals surface area (Å²) in [4.78, 5) is 14.6. The molecule has 0 aromatic heterocycles. The molecule has 1 aliphatic rings. The van der Waals surface area contributed by atoms with Crippen LogP contribution in [-0.2, 0) is 4.74 Å². The minimum atomic E-state index is -0.830. The lowest BCUT2D eigenvalue weighted by Gasteiger charge is -2.45. The summed E-state index contributed by atoms with van der Waals surface area (Å²) in [6.07, 6.45) is 0.624. The van der Waals surface area contributed by atoms with Crippen LogP contribution in [0.1, 0.15) is 6.42 Å².